The SMILES string of the molecule is C=CC(=O)N(C)CCc1ccc(-c2ccc(C3CCC(CCCCC)CC3)cc2)cc1C. The molecule has 0 N–H and O–H groups in total. The molecule has 0 aliphatic heterocycles. The van der Waals surface area contributed by atoms with Gasteiger partial charge >= 0.3 is 0 Å². The third-order valence-electron chi connectivity index (χ3n) is 7.39. The van der Waals surface area contributed by atoms with Crippen LogP contribution in [0.25, 0.3) is 11.1 Å². The van der Waals surface area contributed by atoms with E-state index in [0.29, 0.717) is 6.54 Å². The number of likely N-dealkylation sites (N-methyl/N-ethyl adjacent to an activating group) is 1. The molecule has 2 heteroatoms. The fraction of sp³-hybridized carbons (Fsp3) is 0.500. The molecule has 0 radical (unpaired) electrons. The van der Waals surface area contributed by atoms with Gasteiger partial charge in [-0.05, 0) is 84.8 Å². The van der Waals surface area contributed by atoms with E-state index >= 15 is 0 Å². The Labute approximate surface area is 195 Å². The van der Waals surface area contributed by atoms with E-state index < -0.39 is 0 Å². The van der Waals surface area contributed by atoms with E-state index in [4.69, 9.17) is 0 Å². The molecule has 1 saturated carbocycles. The zero-order valence-electron chi connectivity index (χ0n) is 20.4. The van der Waals surface area contributed by atoms with Gasteiger partial charge in [-0.1, -0.05) is 81.7 Å². The first-order valence-electron chi connectivity index (χ1n) is 12.6. The van der Waals surface area contributed by atoms with Crippen molar-refractivity contribution in [2.75, 3.05) is 13.6 Å². The molecule has 0 atom stereocenters. The Kier molecular flexibility index (Phi) is 9.14. The van der Waals surface area contributed by atoms with E-state index in [1.54, 1.807) is 4.90 Å². The number of amides is 1. The minimum Gasteiger partial charge on any atom is -0.342 e. The van der Waals surface area contributed by atoms with Crippen molar-refractivity contribution in [1.82, 2.24) is 4.90 Å². The number of rotatable bonds is 10. The molecule has 2 aromatic carbocycles. The van der Waals surface area contributed by atoms with E-state index in [-0.39, 0.29) is 5.91 Å². The van der Waals surface area contributed by atoms with Crippen LogP contribution in [0.1, 0.15) is 80.9 Å². The van der Waals surface area contributed by atoms with E-state index in [2.05, 4.69) is 62.9 Å². The minimum atomic E-state index is -0.0238. The Bertz CT molecular complexity index is 874. The molecule has 172 valence electrons. The van der Waals surface area contributed by atoms with Gasteiger partial charge in [0.1, 0.15) is 0 Å². The van der Waals surface area contributed by atoms with Crippen LogP contribution >= 0.6 is 0 Å². The summed E-state index contributed by atoms with van der Waals surface area (Å²) in [7, 11) is 1.83. The maximum Gasteiger partial charge on any atom is 0.245 e. The smallest absolute Gasteiger partial charge is 0.245 e. The number of hydrogen-bond acceptors (Lipinski definition) is 1. The number of nitrogens with zero attached hydrogens (tertiary/aromatic N) is 1. The molecule has 1 amide bonds. The molecule has 0 spiro atoms. The van der Waals surface area contributed by atoms with Crippen LogP contribution < -0.4 is 0 Å². The molecule has 1 aliphatic rings. The summed E-state index contributed by atoms with van der Waals surface area (Å²) in [5, 5.41) is 0. The van der Waals surface area contributed by atoms with Gasteiger partial charge in [-0.2, -0.15) is 0 Å². The second-order valence-electron chi connectivity index (χ2n) is 9.69. The minimum absolute atomic E-state index is 0.0238. The number of hydrogen-bond donors (Lipinski definition) is 0. The van der Waals surface area contributed by atoms with Crippen LogP contribution in [0, 0.1) is 12.8 Å². The van der Waals surface area contributed by atoms with E-state index in [0.717, 1.165) is 18.3 Å². The normalized spacial score (nSPS) is 18.3. The van der Waals surface area contributed by atoms with E-state index in [9.17, 15) is 4.79 Å². The van der Waals surface area contributed by atoms with Gasteiger partial charge in [-0.15, -0.1) is 0 Å². The number of aryl methyl sites for hydroxylation is 1. The van der Waals surface area contributed by atoms with Crippen LogP contribution in [0.4, 0.5) is 0 Å². The lowest BCUT2D eigenvalue weighted by atomic mass is 9.77. The molecule has 1 aliphatic carbocycles. The second kappa shape index (κ2) is 12.0. The van der Waals surface area contributed by atoms with E-state index in [1.165, 1.54) is 85.3 Å². The van der Waals surface area contributed by atoms with Gasteiger partial charge in [0, 0.05) is 13.6 Å². The lowest BCUT2D eigenvalue weighted by molar-refractivity contribution is -0.124. The predicted octanol–water partition coefficient (Wildman–Crippen LogP) is 7.70. The highest BCUT2D eigenvalue weighted by atomic mass is 16.2. The van der Waals surface area contributed by atoms with E-state index in [1.807, 2.05) is 7.05 Å². The second-order valence-corrected chi connectivity index (χ2v) is 9.69. The summed E-state index contributed by atoms with van der Waals surface area (Å²) in [5.41, 5.74) is 6.66. The van der Waals surface area contributed by atoms with Crippen LogP contribution in [0.2, 0.25) is 0 Å². The molecule has 0 aromatic heterocycles. The molecule has 0 unspecified atom stereocenters. The van der Waals surface area contributed by atoms with Gasteiger partial charge in [0.15, 0.2) is 0 Å². The van der Waals surface area contributed by atoms with Crippen LogP contribution in [0.3, 0.4) is 0 Å². The topological polar surface area (TPSA) is 20.3 Å². The monoisotopic (exact) mass is 431 g/mol. The number of benzene rings is 2. The zero-order chi connectivity index (χ0) is 22.9. The fourth-order valence-electron chi connectivity index (χ4n) is 5.13. The Morgan fingerprint density at radius 3 is 2.34 bits per heavy atom. The lowest BCUT2D eigenvalue weighted by Gasteiger charge is -2.29. The molecule has 2 aromatic rings. The van der Waals surface area contributed by atoms with Crippen molar-refractivity contribution >= 4 is 5.91 Å². The summed E-state index contributed by atoms with van der Waals surface area (Å²) in [5.74, 6) is 1.68. The maximum atomic E-state index is 11.7. The fourth-order valence-corrected chi connectivity index (χ4v) is 5.13. The number of carbonyl (C=O) groups is 1. The third-order valence-corrected chi connectivity index (χ3v) is 7.39. The Balaban J connectivity index is 1.56. The van der Waals surface area contributed by atoms with Crippen molar-refractivity contribution in [3.05, 3.63) is 71.8 Å². The van der Waals surface area contributed by atoms with Crippen LogP contribution in [0.15, 0.2) is 55.1 Å². The van der Waals surface area contributed by atoms with Crippen LogP contribution in [-0.2, 0) is 11.2 Å². The van der Waals surface area contributed by atoms with Gasteiger partial charge in [-0.3, -0.25) is 4.79 Å². The Morgan fingerprint density at radius 2 is 1.72 bits per heavy atom. The van der Waals surface area contributed by atoms with Crippen molar-refractivity contribution < 1.29 is 4.79 Å². The van der Waals surface area contributed by atoms with Gasteiger partial charge in [-0.25, -0.2) is 0 Å². The first kappa shape index (κ1) is 24.3. The number of carbonyl (C=O) groups excluding carboxylic acids is 1. The van der Waals surface area contributed by atoms with Crippen molar-refractivity contribution in [3.63, 3.8) is 0 Å². The van der Waals surface area contributed by atoms with Crippen molar-refractivity contribution in [1.29, 1.82) is 0 Å². The first-order chi connectivity index (χ1) is 15.5. The highest BCUT2D eigenvalue weighted by molar-refractivity contribution is 5.86. The summed E-state index contributed by atoms with van der Waals surface area (Å²) in [6.45, 7) is 8.73. The Hall–Kier alpha value is -2.35. The first-order valence-corrected chi connectivity index (χ1v) is 12.6. The standard InChI is InChI=1S/C30H41NO/c1-5-7-8-9-24-10-12-26(13-11-24)27-15-17-28(18-16-27)29-19-14-25(23(3)22-29)20-21-31(4)30(32)6-2/h6,14-19,22,24,26H,2,5,7-13,20-21H2,1,3-4H3. The van der Waals surface area contributed by atoms with Crippen LogP contribution in [0.5, 0.6) is 0 Å². The molecule has 0 bridgehead atoms. The van der Waals surface area contributed by atoms with Gasteiger partial charge in [0.05, 0.1) is 0 Å². The van der Waals surface area contributed by atoms with Gasteiger partial charge < -0.3 is 4.90 Å². The molecule has 0 saturated heterocycles. The molecule has 2 nitrogen and oxygen atoms in total. The molecule has 0 heterocycles. The summed E-state index contributed by atoms with van der Waals surface area (Å²) in [4.78, 5) is 13.4. The predicted molar refractivity (Wildman–Crippen MR) is 137 cm³/mol. The highest BCUT2D eigenvalue weighted by Crippen LogP contribution is 2.38. The van der Waals surface area contributed by atoms with Crippen molar-refractivity contribution in [2.45, 2.75) is 77.6 Å². The summed E-state index contributed by atoms with van der Waals surface area (Å²) < 4.78 is 0. The molecular weight excluding hydrogens is 390 g/mol. The largest absolute Gasteiger partial charge is 0.342 e. The summed E-state index contributed by atoms with van der Waals surface area (Å²) in [6, 6.07) is 16.0. The molecular formula is C30H41NO. The van der Waals surface area contributed by atoms with Gasteiger partial charge in [0.2, 0.25) is 5.91 Å². The summed E-state index contributed by atoms with van der Waals surface area (Å²) in [6.07, 6.45) is 13.3. The quantitative estimate of drug-likeness (QED) is 0.279. The lowest BCUT2D eigenvalue weighted by Crippen LogP contribution is -2.27. The van der Waals surface area contributed by atoms with Crippen molar-refractivity contribution in [3.8, 4) is 11.1 Å². The van der Waals surface area contributed by atoms with Gasteiger partial charge in [0.25, 0.3) is 0 Å². The molecule has 1 fully saturated rings. The Morgan fingerprint density at radius 1 is 1.03 bits per heavy atom. The average molecular weight is 432 g/mol. The zero-order valence-corrected chi connectivity index (χ0v) is 20.4. The van der Waals surface area contributed by atoms with Crippen molar-refractivity contribution in [2.24, 2.45) is 5.92 Å². The van der Waals surface area contributed by atoms with Crippen LogP contribution in [-0.4, -0.2) is 24.4 Å². The molecule has 3 rings (SSSR count). The average Bonchev–Trinajstić information content (AvgIpc) is 2.83. The summed E-state index contributed by atoms with van der Waals surface area (Å²) >= 11 is 0. The highest BCUT2D eigenvalue weighted by Gasteiger charge is 2.22. The third kappa shape index (κ3) is 6.58. The maximum absolute atomic E-state index is 11.7. The number of unbranched alkanes of at least 4 members (excludes halogenated alkanes) is 2. The molecule has 32 heavy (non-hydrogen) atoms.